The largest absolute Gasteiger partial charge is 0.449 e. The van der Waals surface area contributed by atoms with E-state index in [1.54, 1.807) is 13.8 Å². The van der Waals surface area contributed by atoms with Gasteiger partial charge < -0.3 is 14.4 Å². The number of hydrogen-bond donors (Lipinski definition) is 1. The third-order valence-electron chi connectivity index (χ3n) is 4.41. The first-order valence-corrected chi connectivity index (χ1v) is 9.87. The molecule has 1 aliphatic rings. The molecule has 1 N–H and O–H groups in total. The van der Waals surface area contributed by atoms with E-state index < -0.39 is 12.2 Å². The predicted molar refractivity (Wildman–Crippen MR) is 108 cm³/mol. The first kappa shape index (κ1) is 23.5. The molecule has 2 amide bonds. The van der Waals surface area contributed by atoms with Crippen LogP contribution in [0, 0.1) is 29.6 Å². The highest BCUT2D eigenvalue weighted by Crippen LogP contribution is 2.53. The van der Waals surface area contributed by atoms with Crippen molar-refractivity contribution in [1.82, 2.24) is 15.1 Å². The van der Waals surface area contributed by atoms with E-state index in [1.165, 1.54) is 23.7 Å². The van der Waals surface area contributed by atoms with E-state index in [0.29, 0.717) is 0 Å². The Labute approximate surface area is 165 Å². The fraction of sp³-hybridized carbons (Fsp3) is 0.526. The van der Waals surface area contributed by atoms with E-state index in [0.717, 1.165) is 16.1 Å². The van der Waals surface area contributed by atoms with Gasteiger partial charge in [0.15, 0.2) is 0 Å². The van der Waals surface area contributed by atoms with Crippen molar-refractivity contribution in [2.45, 2.75) is 41.5 Å². The number of nitrogens with zero attached hydrogens (tertiary/aromatic N) is 2. The van der Waals surface area contributed by atoms with Gasteiger partial charge in [0.2, 0.25) is 0 Å². The molecule has 0 aromatic rings. The molecular formula is C19H31N3O4P. The molecule has 0 aromatic carbocycles. The van der Waals surface area contributed by atoms with E-state index in [9.17, 15) is 9.59 Å². The summed E-state index contributed by atoms with van der Waals surface area (Å²) in [5.74, 6) is 6.12. The van der Waals surface area contributed by atoms with Crippen LogP contribution in [0.4, 0.5) is 9.59 Å². The lowest BCUT2D eigenvalue weighted by atomic mass is 9.89. The monoisotopic (exact) mass is 396 g/mol. The second-order valence-corrected chi connectivity index (χ2v) is 7.50. The molecule has 1 atom stereocenters. The smallest absolute Gasteiger partial charge is 0.432 e. The lowest BCUT2D eigenvalue weighted by Crippen LogP contribution is -2.42. The molecule has 0 saturated heterocycles. The number of carbonyl (C=O) groups excluding carboxylic acids is 2. The number of nitrogens with one attached hydrogen (secondary N) is 1. The summed E-state index contributed by atoms with van der Waals surface area (Å²) in [7, 11) is 3.65. The zero-order chi connectivity index (χ0) is 20.7. The van der Waals surface area contributed by atoms with Crippen molar-refractivity contribution in [1.29, 1.82) is 0 Å². The predicted octanol–water partition coefficient (Wildman–Crippen LogP) is 4.07. The number of rotatable bonds is 6. The van der Waals surface area contributed by atoms with Gasteiger partial charge in [0.1, 0.15) is 0 Å². The zero-order valence-corrected chi connectivity index (χ0v) is 18.5. The number of allylic oxidation sites excluding steroid dienone is 1. The lowest BCUT2D eigenvalue weighted by molar-refractivity contribution is 0.105. The van der Waals surface area contributed by atoms with Gasteiger partial charge in [0.05, 0.1) is 27.4 Å². The maximum atomic E-state index is 12.3. The van der Waals surface area contributed by atoms with Crippen molar-refractivity contribution < 1.29 is 19.1 Å². The Balaban J connectivity index is 3.05. The second-order valence-electron chi connectivity index (χ2n) is 6.32. The minimum atomic E-state index is -0.691. The third kappa shape index (κ3) is 6.27. The van der Waals surface area contributed by atoms with Crippen LogP contribution in [0.3, 0.4) is 0 Å². The Hall–Kier alpha value is -1.49. The standard InChI is InChI=1S/C19H31N3O4P/c1-9-25-18(23)20-22(19(24)26-10-2)27-17(21(7)8)11-16-14(5)12(3)13(4)15(16)6/h11,27H,9-10H2,1-8H3,(H,20,23)/b17-11-. The van der Waals surface area contributed by atoms with Crippen molar-refractivity contribution in [3.63, 3.8) is 0 Å². The molecule has 1 aliphatic carbocycles. The van der Waals surface area contributed by atoms with Gasteiger partial charge in [-0.15, -0.1) is 0 Å². The summed E-state index contributed by atoms with van der Waals surface area (Å²) >= 11 is 0. The van der Waals surface area contributed by atoms with Gasteiger partial charge in [-0.25, -0.2) is 15.0 Å². The minimum absolute atomic E-state index is 0.160. The van der Waals surface area contributed by atoms with Crippen molar-refractivity contribution >= 4 is 20.9 Å². The summed E-state index contributed by atoms with van der Waals surface area (Å²) in [6, 6.07) is 0. The van der Waals surface area contributed by atoms with E-state index >= 15 is 0 Å². The van der Waals surface area contributed by atoms with Crippen molar-refractivity contribution in [3.8, 4) is 0 Å². The Morgan fingerprint density at radius 1 is 0.963 bits per heavy atom. The fourth-order valence-electron chi connectivity index (χ4n) is 2.54. The van der Waals surface area contributed by atoms with Crippen molar-refractivity contribution in [2.24, 2.45) is 0 Å². The summed E-state index contributed by atoms with van der Waals surface area (Å²) in [4.78, 5) is 26.0. The van der Waals surface area contributed by atoms with Crippen LogP contribution in [0.1, 0.15) is 41.5 Å². The van der Waals surface area contributed by atoms with Crippen LogP contribution in [0.15, 0.2) is 11.5 Å². The number of hydrazine groups is 1. The van der Waals surface area contributed by atoms with Crippen molar-refractivity contribution in [2.75, 3.05) is 27.3 Å². The maximum Gasteiger partial charge on any atom is 0.432 e. The molecule has 0 aliphatic heterocycles. The van der Waals surface area contributed by atoms with Gasteiger partial charge in [0, 0.05) is 20.0 Å². The normalized spacial score (nSPS) is 18.3. The van der Waals surface area contributed by atoms with Crippen LogP contribution in [-0.2, 0) is 9.47 Å². The van der Waals surface area contributed by atoms with Crippen LogP contribution in [-0.4, -0.2) is 49.2 Å². The van der Waals surface area contributed by atoms with Gasteiger partial charge >= 0.3 is 12.2 Å². The average Bonchev–Trinajstić information content (AvgIpc) is 2.78. The minimum Gasteiger partial charge on any atom is -0.449 e. The Bertz CT molecular complexity index is 527. The van der Waals surface area contributed by atoms with Gasteiger partial charge in [-0.2, -0.15) is 4.78 Å². The highest BCUT2D eigenvalue weighted by atomic mass is 31.1. The lowest BCUT2D eigenvalue weighted by Gasteiger charge is -2.27. The first-order valence-electron chi connectivity index (χ1n) is 8.92. The summed E-state index contributed by atoms with van der Waals surface area (Å²) in [5.41, 5.74) is 3.33. The highest BCUT2D eigenvalue weighted by Gasteiger charge is 2.42. The Morgan fingerprint density at radius 3 is 1.93 bits per heavy atom. The fourth-order valence-corrected chi connectivity index (χ4v) is 3.48. The number of amides is 2. The molecular weight excluding hydrogens is 365 g/mol. The van der Waals surface area contributed by atoms with Gasteiger partial charge in [-0.1, -0.05) is 33.8 Å². The molecule has 0 spiro atoms. The van der Waals surface area contributed by atoms with E-state index in [2.05, 4.69) is 39.2 Å². The highest BCUT2D eigenvalue weighted by molar-refractivity contribution is 7.41. The molecule has 151 valence electrons. The molecule has 5 radical (unpaired) electrons. The van der Waals surface area contributed by atoms with Crippen LogP contribution in [0.5, 0.6) is 0 Å². The van der Waals surface area contributed by atoms with Crippen LogP contribution in [0.2, 0.25) is 0 Å². The number of hydrogen-bond acceptors (Lipinski definition) is 5. The summed E-state index contributed by atoms with van der Waals surface area (Å²) in [6.07, 6.45) is 0.741. The molecule has 27 heavy (non-hydrogen) atoms. The molecule has 0 bridgehead atoms. The Kier molecular flexibility index (Phi) is 9.37. The van der Waals surface area contributed by atoms with E-state index in [-0.39, 0.29) is 21.9 Å². The molecule has 1 saturated carbocycles. The van der Waals surface area contributed by atoms with Crippen LogP contribution < -0.4 is 5.43 Å². The SMILES string of the molecule is CCOC(=O)NN(P/C(=C\[C]1[C](C)[C](C)[C](C)[C]1C)N(C)C)C(=O)OCC. The first-order chi connectivity index (χ1) is 12.6. The maximum absolute atomic E-state index is 12.3. The molecule has 1 unspecified atom stereocenters. The van der Waals surface area contributed by atoms with E-state index in [1.807, 2.05) is 19.0 Å². The quantitative estimate of drug-likeness (QED) is 0.541. The third-order valence-corrected chi connectivity index (χ3v) is 5.75. The second kappa shape index (κ2) is 10.7. The zero-order valence-electron chi connectivity index (χ0n) is 17.5. The molecule has 0 aromatic heterocycles. The van der Waals surface area contributed by atoms with Gasteiger partial charge in [0.25, 0.3) is 0 Å². The average molecular weight is 396 g/mol. The van der Waals surface area contributed by atoms with Crippen LogP contribution in [0.25, 0.3) is 0 Å². The number of carbonyl (C=O) groups is 2. The van der Waals surface area contributed by atoms with E-state index in [4.69, 9.17) is 9.47 Å². The molecule has 1 fully saturated rings. The molecule has 7 nitrogen and oxygen atoms in total. The molecule has 0 heterocycles. The topological polar surface area (TPSA) is 71.1 Å². The van der Waals surface area contributed by atoms with Gasteiger partial charge in [-0.05, 0) is 37.5 Å². The summed E-state index contributed by atoms with van der Waals surface area (Å²) < 4.78 is 11.1. The Morgan fingerprint density at radius 2 is 1.48 bits per heavy atom. The summed E-state index contributed by atoms with van der Waals surface area (Å²) in [6.45, 7) is 12.3. The molecule has 8 heteroatoms. The van der Waals surface area contributed by atoms with Crippen LogP contribution >= 0.6 is 8.73 Å². The summed E-state index contributed by atoms with van der Waals surface area (Å²) in [5, 5.41) is 0. The molecule has 1 rings (SSSR count). The van der Waals surface area contributed by atoms with Gasteiger partial charge in [-0.3, -0.25) is 0 Å². The number of ether oxygens (including phenoxy) is 2. The van der Waals surface area contributed by atoms with Crippen molar-refractivity contribution in [3.05, 3.63) is 41.1 Å².